The average Bonchev–Trinajstić information content (AvgIpc) is 2.62. The number of rotatable bonds is 5. The minimum atomic E-state index is -4.54. The maximum absolute atomic E-state index is 11.9. The van der Waals surface area contributed by atoms with Crippen LogP contribution in [0.25, 0.3) is 0 Å². The molecule has 3 rings (SSSR count). The summed E-state index contributed by atoms with van der Waals surface area (Å²) in [4.78, 5) is -0.602. The third-order valence-corrected chi connectivity index (χ3v) is 8.47. The minimum absolute atomic E-state index is 0. The van der Waals surface area contributed by atoms with Crippen molar-refractivity contribution in [2.24, 2.45) is 0 Å². The Balaban J connectivity index is 0.00000210. The molecule has 8 nitrogen and oxygen atoms in total. The van der Waals surface area contributed by atoms with Crippen LogP contribution in [0.4, 0.5) is 0 Å². The molecule has 0 aromatic heterocycles. The first-order valence-corrected chi connectivity index (χ1v) is 11.9. The molecule has 0 unspecified atom stereocenters. The van der Waals surface area contributed by atoms with E-state index in [2.05, 4.69) is 0 Å². The van der Waals surface area contributed by atoms with Crippen molar-refractivity contribution in [3.05, 3.63) is 78.9 Å². The van der Waals surface area contributed by atoms with E-state index in [1.807, 2.05) is 0 Å². The Morgan fingerprint density at radius 1 is 0.552 bits per heavy atom. The Hall–Kier alpha value is -2.17. The molecule has 0 atom stereocenters. The molecule has 0 bridgehead atoms. The Morgan fingerprint density at radius 3 is 1.28 bits per heavy atom. The lowest BCUT2D eigenvalue weighted by Crippen LogP contribution is -2.27. The van der Waals surface area contributed by atoms with Crippen LogP contribution in [0.5, 0.6) is 0 Å². The van der Waals surface area contributed by atoms with Gasteiger partial charge in [-0.05, 0) is 25.4 Å². The first-order chi connectivity index (χ1) is 12.7. The molecule has 0 saturated carbocycles. The van der Waals surface area contributed by atoms with Crippen LogP contribution in [0.1, 0.15) is 0 Å². The maximum Gasteiger partial charge on any atom is 0.295 e. The summed E-state index contributed by atoms with van der Waals surface area (Å²) in [5, 5.41) is 1.19. The Kier molecular flexibility index (Phi) is 8.19. The first kappa shape index (κ1) is 24.9. The first-order valence-electron chi connectivity index (χ1n) is 7.68. The van der Waals surface area contributed by atoms with E-state index in [9.17, 15) is 25.9 Å². The highest BCUT2D eigenvalue weighted by atomic mass is 32.2. The van der Waals surface area contributed by atoms with Crippen LogP contribution in [0.15, 0.2) is 88.7 Å². The van der Waals surface area contributed by atoms with Crippen LogP contribution in [0.3, 0.4) is 0 Å². The molecule has 0 aliphatic rings. The second kappa shape index (κ2) is 9.55. The summed E-state index contributed by atoms with van der Waals surface area (Å²) in [7, 11) is -10.8. The van der Waals surface area contributed by atoms with Crippen molar-refractivity contribution in [3.8, 4) is 0 Å². The highest BCUT2D eigenvalue weighted by Crippen LogP contribution is 2.37. The fourth-order valence-electron chi connectivity index (χ4n) is 2.71. The smallest absolute Gasteiger partial charge is 0.295 e. The summed E-state index contributed by atoms with van der Waals surface area (Å²) in [6.45, 7) is 0. The molecule has 0 aliphatic carbocycles. The molecule has 156 valence electrons. The van der Waals surface area contributed by atoms with Gasteiger partial charge in [0.05, 0.1) is 0 Å². The van der Waals surface area contributed by atoms with E-state index in [0.717, 1.165) is 0 Å². The van der Waals surface area contributed by atoms with Gasteiger partial charge < -0.3 is 11.0 Å². The van der Waals surface area contributed by atoms with Crippen LogP contribution in [-0.4, -0.2) is 36.9 Å². The van der Waals surface area contributed by atoms with E-state index in [1.54, 1.807) is 42.5 Å². The molecule has 0 amide bonds. The summed E-state index contributed by atoms with van der Waals surface area (Å²) >= 11 is 0. The normalized spacial score (nSPS) is 11.4. The van der Waals surface area contributed by atoms with Gasteiger partial charge in [-0.3, -0.25) is 9.11 Å². The standard InChI is InChI=1S/C18H15O6PS2.2H2O/c19-26(20,21)17-12-6-4-10-15(17)25(14-8-2-1-3-9-14)16-11-5-7-13-18(16)27(22,23)24;;/h1-13H,(H,19,20,21)(H,22,23,24);2*1H2. The van der Waals surface area contributed by atoms with Crippen LogP contribution in [0, 0.1) is 0 Å². The van der Waals surface area contributed by atoms with Crippen molar-refractivity contribution in [2.75, 3.05) is 0 Å². The van der Waals surface area contributed by atoms with Gasteiger partial charge in [-0.15, -0.1) is 0 Å². The maximum atomic E-state index is 11.9. The average molecular weight is 458 g/mol. The lowest BCUT2D eigenvalue weighted by molar-refractivity contribution is 0.482. The van der Waals surface area contributed by atoms with Gasteiger partial charge in [0.25, 0.3) is 20.2 Å². The van der Waals surface area contributed by atoms with Gasteiger partial charge in [-0.1, -0.05) is 66.7 Å². The molecule has 11 heteroatoms. The number of benzene rings is 3. The molecule has 29 heavy (non-hydrogen) atoms. The zero-order valence-electron chi connectivity index (χ0n) is 14.8. The molecular formula is C18H19O8PS2. The van der Waals surface area contributed by atoms with Crippen molar-refractivity contribution in [3.63, 3.8) is 0 Å². The molecule has 6 N–H and O–H groups in total. The fraction of sp³-hybridized carbons (Fsp3) is 0. The number of hydrogen-bond donors (Lipinski definition) is 2. The van der Waals surface area contributed by atoms with E-state index >= 15 is 0 Å². The molecule has 0 fully saturated rings. The Morgan fingerprint density at radius 2 is 0.897 bits per heavy atom. The summed E-state index contributed by atoms with van der Waals surface area (Å²) in [5.41, 5.74) is 0. The molecule has 3 aromatic carbocycles. The Labute approximate surface area is 169 Å². The molecule has 0 radical (unpaired) electrons. The topological polar surface area (TPSA) is 172 Å². The van der Waals surface area contributed by atoms with E-state index in [4.69, 9.17) is 0 Å². The van der Waals surface area contributed by atoms with Crippen molar-refractivity contribution >= 4 is 44.1 Å². The van der Waals surface area contributed by atoms with Gasteiger partial charge in [0.2, 0.25) is 0 Å². The van der Waals surface area contributed by atoms with E-state index in [1.165, 1.54) is 36.4 Å². The van der Waals surface area contributed by atoms with Gasteiger partial charge in [-0.25, -0.2) is 0 Å². The highest BCUT2D eigenvalue weighted by Gasteiger charge is 2.28. The van der Waals surface area contributed by atoms with Crippen LogP contribution in [-0.2, 0) is 20.2 Å². The predicted molar refractivity (Wildman–Crippen MR) is 112 cm³/mol. The third kappa shape index (κ3) is 5.46. The van der Waals surface area contributed by atoms with E-state index < -0.39 is 28.2 Å². The molecule has 0 spiro atoms. The molecule has 3 aromatic rings. The van der Waals surface area contributed by atoms with Crippen LogP contribution < -0.4 is 15.9 Å². The third-order valence-electron chi connectivity index (χ3n) is 3.78. The van der Waals surface area contributed by atoms with Gasteiger partial charge in [-0.2, -0.15) is 16.8 Å². The Bertz CT molecular complexity index is 1100. The second-order valence-electron chi connectivity index (χ2n) is 5.56. The minimum Gasteiger partial charge on any atom is -0.412 e. The molecule has 0 heterocycles. The van der Waals surface area contributed by atoms with E-state index in [0.29, 0.717) is 5.30 Å². The van der Waals surface area contributed by atoms with Crippen molar-refractivity contribution < 1.29 is 36.9 Å². The second-order valence-corrected chi connectivity index (χ2v) is 10.5. The van der Waals surface area contributed by atoms with Gasteiger partial charge in [0.1, 0.15) is 9.79 Å². The number of hydrogen-bond acceptors (Lipinski definition) is 4. The lowest BCUT2D eigenvalue weighted by Gasteiger charge is -2.22. The summed E-state index contributed by atoms with van der Waals surface area (Å²) < 4.78 is 66.9. The largest absolute Gasteiger partial charge is 0.412 e. The van der Waals surface area contributed by atoms with E-state index in [-0.39, 0.29) is 31.4 Å². The van der Waals surface area contributed by atoms with Crippen LogP contribution >= 0.6 is 7.92 Å². The SMILES string of the molecule is O.O.O=S(=O)(O)c1ccccc1P(c1ccccc1)c1ccccc1S(=O)(=O)O. The monoisotopic (exact) mass is 458 g/mol. The van der Waals surface area contributed by atoms with Crippen molar-refractivity contribution in [2.45, 2.75) is 9.79 Å². The molecule has 0 aliphatic heterocycles. The van der Waals surface area contributed by atoms with Crippen molar-refractivity contribution in [1.29, 1.82) is 0 Å². The fourth-order valence-corrected chi connectivity index (χ4v) is 7.46. The van der Waals surface area contributed by atoms with Gasteiger partial charge in [0.15, 0.2) is 0 Å². The predicted octanol–water partition coefficient (Wildman–Crippen LogP) is 0.289. The van der Waals surface area contributed by atoms with Crippen molar-refractivity contribution in [1.82, 2.24) is 0 Å². The highest BCUT2D eigenvalue weighted by molar-refractivity contribution is 7.89. The lowest BCUT2D eigenvalue weighted by atomic mass is 10.3. The zero-order valence-corrected chi connectivity index (χ0v) is 17.3. The molecular weight excluding hydrogens is 439 g/mol. The van der Waals surface area contributed by atoms with Gasteiger partial charge in [0, 0.05) is 10.6 Å². The summed E-state index contributed by atoms with van der Waals surface area (Å²) in [6, 6.07) is 20.5. The van der Waals surface area contributed by atoms with Gasteiger partial charge >= 0.3 is 0 Å². The summed E-state index contributed by atoms with van der Waals surface area (Å²) in [5.74, 6) is 0. The summed E-state index contributed by atoms with van der Waals surface area (Å²) in [6.07, 6.45) is 0. The molecule has 0 saturated heterocycles. The quantitative estimate of drug-likeness (QED) is 0.411. The van der Waals surface area contributed by atoms with Crippen LogP contribution in [0.2, 0.25) is 0 Å². The zero-order chi connectivity index (χ0) is 19.7.